The van der Waals surface area contributed by atoms with Crippen LogP contribution in [0.15, 0.2) is 35.3 Å². The van der Waals surface area contributed by atoms with Gasteiger partial charge >= 0.3 is 24.2 Å². The van der Waals surface area contributed by atoms with E-state index in [1.807, 2.05) is 49.9 Å². The number of ether oxygens (including phenoxy) is 2. The maximum absolute atomic E-state index is 15.6. The number of esters is 1. The molecule has 0 aromatic heterocycles. The van der Waals surface area contributed by atoms with Gasteiger partial charge in [-0.05, 0) is 82.4 Å². The smallest absolute Gasteiger partial charge is 0.475 e. The first-order valence-corrected chi connectivity index (χ1v) is 41.6. The quantitative estimate of drug-likeness (QED) is 0.0165. The summed E-state index contributed by atoms with van der Waals surface area (Å²) in [6, 6.07) is -11.2. The number of aliphatic imine (C=N–C) groups is 1. The van der Waals surface area contributed by atoms with Crippen LogP contribution in [0.4, 0.5) is 18.0 Å². The number of carboxylic acids is 1. The van der Waals surface area contributed by atoms with Gasteiger partial charge in [0.1, 0.15) is 60.0 Å². The minimum absolute atomic E-state index is 0.0322. The number of rotatable bonds is 24. The third-order valence-electron chi connectivity index (χ3n) is 15.6. The lowest BCUT2D eigenvalue weighted by Crippen LogP contribution is -2.64. The Labute approximate surface area is 615 Å². The molecule has 1 aliphatic heterocycles. The first kappa shape index (κ1) is 94.9. The standard InChI is InChI=1S/C63H109N15O19Si2.C2HF3O2/c1-17-33(6)42-56(90)76-43(34(7)80)55(89)68-27-41(81)74-45(48(83)50(64)84)58(92)71-38(28-79)60(94)96-49(35-22-19-18-20-23-35)46(78-54(88)39(29-98(11,12)13)72-53(87)40(30-99(14,15)16)73-62(95)97-63(8,9)10)59(93)77-44(47(82)32(4)5)57(91)70-37(26-31(2)3)52(86)69-36(51(85)75-42)24-21-25-67-61(65)66;3-2(4,5)1(6)7/h18-20,22-23,31-34,36-40,42-49,79-80,82-83H,17,21,24-30H2,1-16H3,(H2,64,84)(H,68,89)(H,69,86)(H,70,91)(H,71,92)(H,72,87)(H,73,95)(H,74,81)(H,75,85)(H,76,90)(H,77,93)(H,78,88)(H4,65,66,67);(H,6,7)/t33-,34-,36+,37-,38-,39-,40+,42?,43?,44-,45-,46-,47+,48-,49+;/m0./s1. The number of aliphatic carboxylic acids is 1. The summed E-state index contributed by atoms with van der Waals surface area (Å²) in [6.45, 7) is 24.4. The molecule has 1 saturated heterocycles. The molecule has 1 aromatic rings. The Hall–Kier alpha value is -9.07. The molecule has 22 N–H and O–H groups in total. The number of primary amides is 1. The molecule has 0 spiro atoms. The van der Waals surface area contributed by atoms with Crippen LogP contribution >= 0.6 is 0 Å². The zero-order valence-corrected chi connectivity index (χ0v) is 64.6. The molecule has 0 aliphatic carbocycles. The molecule has 1 fully saturated rings. The number of aliphatic hydroxyl groups excluding tert-OH is 4. The van der Waals surface area contributed by atoms with Crippen LogP contribution in [0.25, 0.3) is 0 Å². The molecule has 0 radical (unpaired) electrons. The van der Waals surface area contributed by atoms with Crippen LogP contribution in [0.5, 0.6) is 0 Å². The Morgan fingerprint density at radius 2 is 1.15 bits per heavy atom. The maximum Gasteiger partial charge on any atom is 0.490 e. The Kier molecular flexibility index (Phi) is 38.4. The number of nitrogens with two attached hydrogens (primary N) is 3. The van der Waals surface area contributed by atoms with Gasteiger partial charge < -0.3 is 111 Å². The fraction of sp³-hybridized carbons (Fsp3) is 0.677. The highest BCUT2D eigenvalue weighted by Gasteiger charge is 2.45. The number of nitrogens with one attached hydrogen (secondary N) is 11. The summed E-state index contributed by atoms with van der Waals surface area (Å²) in [7, 11) is -4.79. The number of nitrogens with zero attached hydrogens (tertiary/aromatic N) is 1. The number of alkyl halides is 3. The molecule has 0 bridgehead atoms. The Morgan fingerprint density at radius 1 is 0.660 bits per heavy atom. The molecule has 0 saturated carbocycles. The van der Waals surface area contributed by atoms with E-state index in [1.165, 1.54) is 44.2 Å². The minimum Gasteiger partial charge on any atom is -0.475 e. The second kappa shape index (κ2) is 42.9. The Balaban J connectivity index is 0.00000760. The summed E-state index contributed by atoms with van der Waals surface area (Å²) in [4.78, 5) is 199. The minimum atomic E-state index is -5.08. The molecule has 2 unspecified atom stereocenters. The molecule has 1 aromatic carbocycles. The lowest BCUT2D eigenvalue weighted by atomic mass is 9.95. The van der Waals surface area contributed by atoms with Crippen LogP contribution in [0.2, 0.25) is 51.4 Å². The Morgan fingerprint density at radius 3 is 1.62 bits per heavy atom. The van der Waals surface area contributed by atoms with Crippen molar-refractivity contribution in [2.45, 2.75) is 243 Å². The van der Waals surface area contributed by atoms with Crippen molar-refractivity contribution in [1.29, 1.82) is 0 Å². The van der Waals surface area contributed by atoms with Crippen molar-refractivity contribution in [2.75, 3.05) is 19.7 Å². The van der Waals surface area contributed by atoms with E-state index >= 15 is 14.4 Å². The number of hydrogen-bond donors (Lipinski definition) is 19. The summed E-state index contributed by atoms with van der Waals surface area (Å²) in [5, 5.41) is 78.5. The van der Waals surface area contributed by atoms with Gasteiger partial charge in [-0.1, -0.05) is 118 Å². The molecular weight excluding hydrogens is 1440 g/mol. The zero-order valence-electron chi connectivity index (χ0n) is 62.6. The zero-order chi connectivity index (χ0) is 81.9. The van der Waals surface area contributed by atoms with Gasteiger partial charge in [-0.3, -0.25) is 57.7 Å². The summed E-state index contributed by atoms with van der Waals surface area (Å²) in [5.41, 5.74) is 15.4. The van der Waals surface area contributed by atoms with Gasteiger partial charge in [0.15, 0.2) is 24.2 Å². The summed E-state index contributed by atoms with van der Waals surface area (Å²) < 4.78 is 43.2. The van der Waals surface area contributed by atoms with Crippen LogP contribution in [0.1, 0.15) is 107 Å². The second-order valence-corrected chi connectivity index (χ2v) is 40.8. The molecule has 2 rings (SSSR count). The molecule has 15 atom stereocenters. The Bertz CT molecular complexity index is 3220. The van der Waals surface area contributed by atoms with Gasteiger partial charge in [0, 0.05) is 22.7 Å². The first-order valence-electron chi connectivity index (χ1n) is 34.2. The summed E-state index contributed by atoms with van der Waals surface area (Å²) in [5.74, 6) is -20.0. The molecule has 41 heteroatoms. The lowest BCUT2D eigenvalue weighted by molar-refractivity contribution is -0.192. The van der Waals surface area contributed by atoms with Crippen molar-refractivity contribution in [1.82, 2.24) is 58.5 Å². The van der Waals surface area contributed by atoms with E-state index < -0.39 is 227 Å². The average Bonchev–Trinajstić information content (AvgIpc) is 0.812. The van der Waals surface area contributed by atoms with Crippen LogP contribution in [0, 0.1) is 17.8 Å². The second-order valence-electron chi connectivity index (χ2n) is 29.7. The van der Waals surface area contributed by atoms with Crippen LogP contribution in [-0.4, -0.2) is 241 Å². The predicted molar refractivity (Wildman–Crippen MR) is 382 cm³/mol. The number of alkyl carbamates (subject to hydrolysis) is 1. The number of aliphatic hydroxyl groups is 4. The van der Waals surface area contributed by atoms with Gasteiger partial charge in [-0.2, -0.15) is 13.2 Å². The van der Waals surface area contributed by atoms with Gasteiger partial charge in [0.2, 0.25) is 65.0 Å². The molecule has 600 valence electrons. The van der Waals surface area contributed by atoms with Crippen molar-refractivity contribution in [3.8, 4) is 0 Å². The molecule has 106 heavy (non-hydrogen) atoms. The SMILES string of the molecule is CC[C@H](C)C1NC(=O)[C@@H](CCCN=C(N)N)NC(=O)[C@H](CC(C)C)NC(=O)[C@H]([C@H](O)C(C)C)NC(=O)[C@@H](NC(=O)[C@H](C[Si](C)(C)C)NC(=O)[C@@H](C[Si](C)(C)C)NC(=O)OC(C)(C)C)[C@@H](c2ccccc2)OC(=O)[C@H](CO)NC(=O)[C@H]([C@H](O)C(N)=O)NC(=O)CNC(=O)C([C@H](C)O)NC1=O.O=C(O)C(F)(F)F. The number of benzene rings is 1. The molecule has 1 heterocycles. The lowest BCUT2D eigenvalue weighted by Gasteiger charge is -2.34. The number of halogens is 3. The number of amides is 12. The van der Waals surface area contributed by atoms with E-state index in [0.29, 0.717) is 0 Å². The summed E-state index contributed by atoms with van der Waals surface area (Å²) in [6.07, 6.45) is -14.4. The van der Waals surface area contributed by atoms with Crippen molar-refractivity contribution >= 4 is 105 Å². The van der Waals surface area contributed by atoms with Crippen LogP contribution in [0.3, 0.4) is 0 Å². The third-order valence-corrected chi connectivity index (χ3v) is 18.8. The topological polar surface area (TPSA) is 581 Å². The van der Waals surface area contributed by atoms with E-state index in [2.05, 4.69) is 52.8 Å². The van der Waals surface area contributed by atoms with Crippen molar-refractivity contribution in [3.05, 3.63) is 35.9 Å². The highest BCUT2D eigenvalue weighted by molar-refractivity contribution is 6.77. The first-order chi connectivity index (χ1) is 48.6. The van der Waals surface area contributed by atoms with Crippen molar-refractivity contribution in [2.24, 2.45) is 39.9 Å². The maximum atomic E-state index is 15.6. The molecule has 1 aliphatic rings. The fourth-order valence-electron chi connectivity index (χ4n) is 10.0. The van der Waals surface area contributed by atoms with E-state index in [4.69, 9.17) is 36.6 Å². The van der Waals surface area contributed by atoms with Gasteiger partial charge in [-0.25, -0.2) is 14.4 Å². The van der Waals surface area contributed by atoms with Gasteiger partial charge in [-0.15, -0.1) is 0 Å². The largest absolute Gasteiger partial charge is 0.490 e. The molecule has 12 amide bonds. The monoisotopic (exact) mass is 1550 g/mol. The van der Waals surface area contributed by atoms with E-state index in [1.54, 1.807) is 48.5 Å². The number of guanidine groups is 1. The molecular formula is C65H110F3N15O21Si2. The third kappa shape index (κ3) is 34.4. The van der Waals surface area contributed by atoms with Crippen LogP contribution in [-0.2, 0) is 71.8 Å². The van der Waals surface area contributed by atoms with E-state index in [9.17, 15) is 81.5 Å². The highest BCUT2D eigenvalue weighted by Crippen LogP contribution is 2.26. The van der Waals surface area contributed by atoms with Crippen molar-refractivity contribution < 1.29 is 115 Å². The molecule has 36 nitrogen and oxygen atoms in total. The highest BCUT2D eigenvalue weighted by atomic mass is 28.3. The average molecular weight is 1550 g/mol. The van der Waals surface area contributed by atoms with Crippen LogP contribution < -0.4 is 75.7 Å². The number of cyclic esters (lactones) is 1. The number of carbonyl (C=O) groups is 14. The fourth-order valence-corrected chi connectivity index (χ4v) is 13.0. The normalized spacial score (nSPS) is 23.0. The summed E-state index contributed by atoms with van der Waals surface area (Å²) >= 11 is 0. The van der Waals surface area contributed by atoms with Gasteiger partial charge in [0.05, 0.1) is 25.4 Å². The predicted octanol–water partition coefficient (Wildman–Crippen LogP) is -2.65. The van der Waals surface area contributed by atoms with Crippen molar-refractivity contribution in [3.63, 3.8) is 0 Å². The number of carboxylic acid groups (broad SMARTS) is 1. The number of hydrogen-bond acceptors (Lipinski definition) is 21. The van der Waals surface area contributed by atoms with Gasteiger partial charge in [0.25, 0.3) is 0 Å². The number of carbonyl (C=O) groups excluding carboxylic acids is 13. The van der Waals surface area contributed by atoms with E-state index in [-0.39, 0.29) is 55.8 Å². The van der Waals surface area contributed by atoms with E-state index in [0.717, 1.165) is 6.92 Å².